The van der Waals surface area contributed by atoms with Gasteiger partial charge in [0.15, 0.2) is 0 Å². The standard InChI is InChI=1S/C28H38N6O4S/c1-17(2)20-6-7-23(34-14-19(18(34)3)16-39(5,36)37)22-13-30-27(12-21(20)22)31-26-8-10-29-28(32-26)33-11-9-24(35)25(15-33)38-4/h6-8,10,12-13,17-19,24-25,35H,9,11,14-16H2,1-5H3,(H,29,30,31,32)/t18-,19-,24-,25-/m1/s1. The fourth-order valence-corrected chi connectivity index (χ4v) is 6.84. The molecule has 2 aliphatic heterocycles. The maximum atomic E-state index is 11.8. The van der Waals surface area contributed by atoms with Crippen LogP contribution in [0.5, 0.6) is 0 Å². The molecule has 0 aliphatic carbocycles. The molecule has 0 amide bonds. The minimum absolute atomic E-state index is 0.128. The molecule has 10 nitrogen and oxygen atoms in total. The number of ether oxygens (including phenoxy) is 1. The number of aliphatic hydroxyl groups excluding tert-OH is 1. The summed E-state index contributed by atoms with van der Waals surface area (Å²) in [5, 5.41) is 15.6. The Labute approximate surface area is 230 Å². The summed E-state index contributed by atoms with van der Waals surface area (Å²) in [4.78, 5) is 18.2. The van der Waals surface area contributed by atoms with Crippen LogP contribution in [0.2, 0.25) is 0 Å². The molecule has 2 saturated heterocycles. The Morgan fingerprint density at radius 1 is 1.15 bits per heavy atom. The first kappa shape index (κ1) is 27.5. The monoisotopic (exact) mass is 554 g/mol. The number of nitrogens with one attached hydrogen (secondary N) is 1. The second kappa shape index (κ2) is 10.9. The van der Waals surface area contributed by atoms with Crippen LogP contribution in [0.1, 0.15) is 38.7 Å². The smallest absolute Gasteiger partial charge is 0.227 e. The van der Waals surface area contributed by atoms with Crippen LogP contribution >= 0.6 is 0 Å². The molecule has 1 aromatic carbocycles. The number of rotatable bonds is 8. The first-order valence-electron chi connectivity index (χ1n) is 13.5. The quantitative estimate of drug-likeness (QED) is 0.429. The maximum absolute atomic E-state index is 11.8. The number of fused-ring (bicyclic) bond motifs is 1. The van der Waals surface area contributed by atoms with Crippen LogP contribution in [0, 0.1) is 5.92 Å². The number of aromatic nitrogens is 3. The van der Waals surface area contributed by atoms with Gasteiger partial charge in [-0.2, -0.15) is 4.98 Å². The molecule has 0 unspecified atom stereocenters. The zero-order valence-corrected chi connectivity index (χ0v) is 24.0. The van der Waals surface area contributed by atoms with Gasteiger partial charge in [0.1, 0.15) is 27.6 Å². The number of aliphatic hydroxyl groups is 1. The average Bonchev–Trinajstić information content (AvgIpc) is 2.90. The summed E-state index contributed by atoms with van der Waals surface area (Å²) in [6, 6.07) is 8.32. The summed E-state index contributed by atoms with van der Waals surface area (Å²) in [5.74, 6) is 2.55. The second-order valence-corrected chi connectivity index (χ2v) is 13.3. The zero-order chi connectivity index (χ0) is 27.9. The van der Waals surface area contributed by atoms with Gasteiger partial charge >= 0.3 is 0 Å². The van der Waals surface area contributed by atoms with Gasteiger partial charge in [0.2, 0.25) is 5.95 Å². The maximum Gasteiger partial charge on any atom is 0.227 e. The van der Waals surface area contributed by atoms with Crippen LogP contribution in [-0.4, -0.2) is 85.5 Å². The van der Waals surface area contributed by atoms with Crippen LogP contribution in [0.25, 0.3) is 10.8 Å². The zero-order valence-electron chi connectivity index (χ0n) is 23.2. The molecule has 11 heteroatoms. The predicted octanol–water partition coefficient (Wildman–Crippen LogP) is 3.35. The van der Waals surface area contributed by atoms with Crippen molar-refractivity contribution in [2.75, 3.05) is 53.9 Å². The van der Waals surface area contributed by atoms with Crippen molar-refractivity contribution >= 4 is 43.9 Å². The molecule has 0 saturated carbocycles. The van der Waals surface area contributed by atoms with E-state index in [0.29, 0.717) is 49.6 Å². The van der Waals surface area contributed by atoms with Crippen LogP contribution < -0.4 is 15.1 Å². The van der Waals surface area contributed by atoms with Gasteiger partial charge in [-0.3, -0.25) is 0 Å². The lowest BCUT2D eigenvalue weighted by atomic mass is 9.88. The van der Waals surface area contributed by atoms with Crippen LogP contribution in [0.4, 0.5) is 23.3 Å². The molecule has 39 heavy (non-hydrogen) atoms. The van der Waals surface area contributed by atoms with Gasteiger partial charge < -0.3 is 25.0 Å². The number of anilines is 4. The summed E-state index contributed by atoms with van der Waals surface area (Å²) in [5.41, 5.74) is 2.30. The molecule has 2 aliphatic rings. The van der Waals surface area contributed by atoms with E-state index < -0.39 is 15.9 Å². The van der Waals surface area contributed by atoms with E-state index in [1.807, 2.05) is 17.2 Å². The first-order chi connectivity index (χ1) is 18.5. The van der Waals surface area contributed by atoms with Crippen molar-refractivity contribution in [3.05, 3.63) is 42.2 Å². The molecule has 2 aromatic heterocycles. The lowest BCUT2D eigenvalue weighted by Gasteiger charge is -2.48. The van der Waals surface area contributed by atoms with E-state index in [9.17, 15) is 13.5 Å². The van der Waals surface area contributed by atoms with Crippen molar-refractivity contribution in [2.24, 2.45) is 5.92 Å². The van der Waals surface area contributed by atoms with Crippen LogP contribution in [0.15, 0.2) is 36.7 Å². The van der Waals surface area contributed by atoms with Gasteiger partial charge in [-0.25, -0.2) is 18.4 Å². The van der Waals surface area contributed by atoms with Crippen molar-refractivity contribution in [3.8, 4) is 0 Å². The predicted molar refractivity (Wildman–Crippen MR) is 155 cm³/mol. The minimum atomic E-state index is -3.01. The van der Waals surface area contributed by atoms with Gasteiger partial charge in [-0.1, -0.05) is 19.9 Å². The Morgan fingerprint density at radius 3 is 2.64 bits per heavy atom. The highest BCUT2D eigenvalue weighted by molar-refractivity contribution is 7.90. The lowest BCUT2D eigenvalue weighted by Crippen LogP contribution is -2.57. The number of nitrogens with zero attached hydrogens (tertiary/aromatic N) is 5. The Balaban J connectivity index is 1.40. The summed E-state index contributed by atoms with van der Waals surface area (Å²) < 4.78 is 29.1. The molecule has 0 spiro atoms. The largest absolute Gasteiger partial charge is 0.390 e. The number of sulfone groups is 1. The van der Waals surface area contributed by atoms with E-state index in [-0.39, 0.29) is 23.8 Å². The van der Waals surface area contributed by atoms with Gasteiger partial charge in [-0.15, -0.1) is 0 Å². The highest BCUT2D eigenvalue weighted by Gasteiger charge is 2.38. The molecule has 4 atom stereocenters. The van der Waals surface area contributed by atoms with Crippen molar-refractivity contribution in [1.29, 1.82) is 0 Å². The van der Waals surface area contributed by atoms with E-state index in [0.717, 1.165) is 16.5 Å². The van der Waals surface area contributed by atoms with E-state index in [2.05, 4.69) is 54.2 Å². The fraction of sp³-hybridized carbons (Fsp3) is 0.536. The average molecular weight is 555 g/mol. The molecular weight excluding hydrogens is 516 g/mol. The summed E-state index contributed by atoms with van der Waals surface area (Å²) in [7, 11) is -1.41. The van der Waals surface area contributed by atoms with Gasteiger partial charge in [0, 0.05) is 68.4 Å². The number of pyridine rings is 1. The number of hydrogen-bond acceptors (Lipinski definition) is 10. The lowest BCUT2D eigenvalue weighted by molar-refractivity contribution is -0.0208. The fourth-order valence-electron chi connectivity index (χ4n) is 5.67. The number of methoxy groups -OCH3 is 1. The molecule has 0 radical (unpaired) electrons. The third kappa shape index (κ3) is 5.80. The topological polar surface area (TPSA) is 121 Å². The van der Waals surface area contributed by atoms with Gasteiger partial charge in [-0.05, 0) is 48.4 Å². The summed E-state index contributed by atoms with van der Waals surface area (Å²) >= 11 is 0. The highest BCUT2D eigenvalue weighted by Crippen LogP contribution is 2.39. The summed E-state index contributed by atoms with van der Waals surface area (Å²) in [6.45, 7) is 8.34. The Kier molecular flexibility index (Phi) is 7.67. The number of benzene rings is 1. The van der Waals surface area contributed by atoms with Crippen molar-refractivity contribution in [1.82, 2.24) is 15.0 Å². The Bertz CT molecular complexity index is 1450. The van der Waals surface area contributed by atoms with Crippen molar-refractivity contribution in [2.45, 2.75) is 51.4 Å². The SMILES string of the molecule is CO[C@@H]1CN(c2nccc(Nc3cc4c(C(C)C)ccc(N5C[C@H](CS(C)(=O)=O)[C@H]5C)c4cn3)n2)CC[C@H]1O. The molecule has 4 heterocycles. The molecular formula is C28H38N6O4S. The van der Waals surface area contributed by atoms with Gasteiger partial charge in [0.25, 0.3) is 0 Å². The highest BCUT2D eigenvalue weighted by atomic mass is 32.2. The van der Waals surface area contributed by atoms with E-state index in [4.69, 9.17) is 14.7 Å². The third-order valence-corrected chi connectivity index (χ3v) is 9.01. The minimum Gasteiger partial charge on any atom is -0.390 e. The molecule has 5 rings (SSSR count). The van der Waals surface area contributed by atoms with E-state index in [1.54, 1.807) is 13.3 Å². The first-order valence-corrected chi connectivity index (χ1v) is 15.5. The van der Waals surface area contributed by atoms with Gasteiger partial charge in [0.05, 0.1) is 11.9 Å². The number of hydrogen-bond donors (Lipinski definition) is 2. The molecule has 2 N–H and O–H groups in total. The Hall–Kier alpha value is -3.02. The van der Waals surface area contributed by atoms with E-state index in [1.165, 1.54) is 11.8 Å². The van der Waals surface area contributed by atoms with E-state index >= 15 is 0 Å². The van der Waals surface area contributed by atoms with Crippen LogP contribution in [0.3, 0.4) is 0 Å². The third-order valence-electron chi connectivity index (χ3n) is 7.97. The van der Waals surface area contributed by atoms with Crippen LogP contribution in [-0.2, 0) is 14.6 Å². The molecule has 210 valence electrons. The normalized spacial score (nSPS) is 23.8. The molecule has 3 aromatic rings. The van der Waals surface area contributed by atoms with Crippen molar-refractivity contribution in [3.63, 3.8) is 0 Å². The number of piperidine rings is 1. The Morgan fingerprint density at radius 2 is 1.95 bits per heavy atom. The molecule has 2 fully saturated rings. The van der Waals surface area contributed by atoms with Crippen molar-refractivity contribution < 1.29 is 18.3 Å². The molecule has 0 bridgehead atoms. The summed E-state index contributed by atoms with van der Waals surface area (Å²) in [6.07, 6.45) is 4.75. The second-order valence-electron chi connectivity index (χ2n) is 11.1.